The molecule has 1 fully saturated rings. The van der Waals surface area contributed by atoms with Gasteiger partial charge in [-0.25, -0.2) is 8.42 Å². The third-order valence-corrected chi connectivity index (χ3v) is 6.30. The highest BCUT2D eigenvalue weighted by atomic mass is 79.9. The highest BCUT2D eigenvalue weighted by Crippen LogP contribution is 2.42. The minimum atomic E-state index is -3.92. The zero-order valence-corrected chi connectivity index (χ0v) is 15.7. The number of methoxy groups -OCH3 is 1. The monoisotopic (exact) mass is 429 g/mol. The van der Waals surface area contributed by atoms with Gasteiger partial charge in [-0.2, -0.15) is 4.31 Å². The van der Waals surface area contributed by atoms with E-state index in [0.717, 1.165) is 0 Å². The summed E-state index contributed by atoms with van der Waals surface area (Å²) in [5, 5.41) is 11.3. The summed E-state index contributed by atoms with van der Waals surface area (Å²) in [6, 6.07) is 1.10. The number of benzene rings is 1. The summed E-state index contributed by atoms with van der Waals surface area (Å²) in [6.45, 7) is 1.99. The Morgan fingerprint density at radius 1 is 1.52 bits per heavy atom. The number of halogens is 2. The molecule has 130 valence electrons. The summed E-state index contributed by atoms with van der Waals surface area (Å²) in [5.74, 6) is -0.258. The predicted molar refractivity (Wildman–Crippen MR) is 90.7 cm³/mol. The molecule has 1 aromatic rings. The number of ether oxygens (including phenoxy) is 1. The maximum atomic E-state index is 12.7. The lowest BCUT2D eigenvalue weighted by Gasteiger charge is -2.19. The van der Waals surface area contributed by atoms with E-state index < -0.39 is 14.9 Å². The van der Waals surface area contributed by atoms with Crippen molar-refractivity contribution in [3.8, 4) is 5.75 Å². The van der Waals surface area contributed by atoms with Crippen molar-refractivity contribution in [2.24, 2.45) is 5.73 Å². The number of rotatable bonds is 4. The van der Waals surface area contributed by atoms with Crippen LogP contribution in [0.1, 0.15) is 12.0 Å². The SMILES string of the molecule is COc1c(S(=O)(=O)N2CC[C@@H](N)C2)cc(Br)c(C)c1[N+](=O)[O-].Cl. The summed E-state index contributed by atoms with van der Waals surface area (Å²) in [4.78, 5) is 10.4. The van der Waals surface area contributed by atoms with E-state index in [4.69, 9.17) is 10.5 Å². The van der Waals surface area contributed by atoms with Crippen molar-refractivity contribution in [2.75, 3.05) is 20.2 Å². The van der Waals surface area contributed by atoms with Crippen LogP contribution in [-0.4, -0.2) is 43.9 Å². The van der Waals surface area contributed by atoms with Gasteiger partial charge in [0, 0.05) is 29.2 Å². The van der Waals surface area contributed by atoms with Crippen molar-refractivity contribution in [1.29, 1.82) is 0 Å². The molecule has 0 amide bonds. The summed E-state index contributed by atoms with van der Waals surface area (Å²) in [7, 11) is -2.70. The van der Waals surface area contributed by atoms with Crippen molar-refractivity contribution in [1.82, 2.24) is 4.31 Å². The fraction of sp³-hybridized carbons (Fsp3) is 0.500. The van der Waals surface area contributed by atoms with E-state index >= 15 is 0 Å². The van der Waals surface area contributed by atoms with Crippen LogP contribution in [0.4, 0.5) is 5.69 Å². The molecule has 8 nitrogen and oxygen atoms in total. The maximum absolute atomic E-state index is 12.7. The standard InChI is InChI=1S/C12H16BrN3O5S.ClH/c1-7-9(13)5-10(12(21-2)11(7)16(17)18)22(19,20)15-4-3-8(14)6-15;/h5,8H,3-4,6,14H2,1-2H3;1H/t8-;/m1./s1. The van der Waals surface area contributed by atoms with E-state index in [1.165, 1.54) is 24.4 Å². The van der Waals surface area contributed by atoms with Gasteiger partial charge in [0.1, 0.15) is 4.90 Å². The number of hydrogen-bond acceptors (Lipinski definition) is 6. The van der Waals surface area contributed by atoms with E-state index in [-0.39, 0.29) is 47.9 Å². The average molecular weight is 431 g/mol. The number of hydrogen-bond donors (Lipinski definition) is 1. The molecule has 1 aliphatic heterocycles. The van der Waals surface area contributed by atoms with Crippen LogP contribution in [0.25, 0.3) is 0 Å². The van der Waals surface area contributed by atoms with Gasteiger partial charge in [0.2, 0.25) is 15.8 Å². The Hall–Kier alpha value is -0.940. The Morgan fingerprint density at radius 2 is 2.13 bits per heavy atom. The molecule has 2 rings (SSSR count). The Morgan fingerprint density at radius 3 is 2.57 bits per heavy atom. The third-order valence-electron chi connectivity index (χ3n) is 3.60. The van der Waals surface area contributed by atoms with Crippen molar-refractivity contribution >= 4 is 44.0 Å². The minimum Gasteiger partial charge on any atom is -0.489 e. The van der Waals surface area contributed by atoms with Gasteiger partial charge < -0.3 is 10.5 Å². The second-order valence-electron chi connectivity index (χ2n) is 5.03. The molecule has 0 aliphatic carbocycles. The molecule has 0 spiro atoms. The third kappa shape index (κ3) is 3.61. The van der Waals surface area contributed by atoms with E-state index in [2.05, 4.69) is 15.9 Å². The molecule has 0 saturated carbocycles. The van der Waals surface area contributed by atoms with E-state index in [0.29, 0.717) is 16.5 Å². The van der Waals surface area contributed by atoms with Crippen LogP contribution in [0, 0.1) is 17.0 Å². The van der Waals surface area contributed by atoms with E-state index in [1.807, 2.05) is 0 Å². The van der Waals surface area contributed by atoms with Crippen LogP contribution in [0.15, 0.2) is 15.4 Å². The van der Waals surface area contributed by atoms with Gasteiger partial charge in [0.25, 0.3) is 0 Å². The molecule has 1 aromatic carbocycles. The number of nitrogens with zero attached hydrogens (tertiary/aromatic N) is 2. The maximum Gasteiger partial charge on any atom is 0.316 e. The smallest absolute Gasteiger partial charge is 0.316 e. The molecule has 0 radical (unpaired) electrons. The van der Waals surface area contributed by atoms with Gasteiger partial charge in [-0.1, -0.05) is 15.9 Å². The second kappa shape index (κ2) is 7.31. The van der Waals surface area contributed by atoms with Crippen molar-refractivity contribution in [3.05, 3.63) is 26.2 Å². The summed E-state index contributed by atoms with van der Waals surface area (Å²) in [5.41, 5.74) is 5.69. The lowest BCUT2D eigenvalue weighted by Crippen LogP contribution is -2.32. The zero-order chi connectivity index (χ0) is 16.7. The molecule has 1 aliphatic rings. The first-order valence-corrected chi connectivity index (χ1v) is 8.70. The summed E-state index contributed by atoms with van der Waals surface area (Å²) >= 11 is 3.17. The molecule has 0 unspecified atom stereocenters. The molecule has 11 heteroatoms. The topological polar surface area (TPSA) is 116 Å². The first-order chi connectivity index (χ1) is 10.2. The van der Waals surface area contributed by atoms with Gasteiger partial charge in [0.05, 0.1) is 12.0 Å². The normalized spacial score (nSPS) is 18.5. The van der Waals surface area contributed by atoms with E-state index in [9.17, 15) is 18.5 Å². The molecule has 0 aromatic heterocycles. The van der Waals surface area contributed by atoms with Crippen LogP contribution < -0.4 is 10.5 Å². The second-order valence-corrected chi connectivity index (χ2v) is 7.79. The van der Waals surface area contributed by atoms with E-state index in [1.54, 1.807) is 0 Å². The molecule has 2 N–H and O–H groups in total. The average Bonchev–Trinajstić information content (AvgIpc) is 2.87. The Balaban J connectivity index is 0.00000264. The minimum absolute atomic E-state index is 0. The van der Waals surface area contributed by atoms with Crippen molar-refractivity contribution in [2.45, 2.75) is 24.3 Å². The first-order valence-electron chi connectivity index (χ1n) is 6.47. The lowest BCUT2D eigenvalue weighted by atomic mass is 10.2. The van der Waals surface area contributed by atoms with Crippen LogP contribution in [-0.2, 0) is 10.0 Å². The molecule has 1 saturated heterocycles. The fourth-order valence-electron chi connectivity index (χ4n) is 2.41. The molecular formula is C12H17BrClN3O5S. The number of nitro groups is 1. The number of nitro benzene ring substituents is 1. The molecular weight excluding hydrogens is 414 g/mol. The summed E-state index contributed by atoms with van der Waals surface area (Å²) < 4.78 is 32.1. The Bertz CT molecular complexity index is 728. The molecule has 1 heterocycles. The van der Waals surface area contributed by atoms with Crippen molar-refractivity contribution < 1.29 is 18.1 Å². The number of sulfonamides is 1. The summed E-state index contributed by atoms with van der Waals surface area (Å²) in [6.07, 6.45) is 0.552. The van der Waals surface area contributed by atoms with Crippen LogP contribution >= 0.6 is 28.3 Å². The Kier molecular flexibility index (Phi) is 6.39. The highest BCUT2D eigenvalue weighted by molar-refractivity contribution is 9.10. The highest BCUT2D eigenvalue weighted by Gasteiger charge is 2.37. The molecule has 23 heavy (non-hydrogen) atoms. The largest absolute Gasteiger partial charge is 0.489 e. The van der Waals surface area contributed by atoms with Crippen LogP contribution in [0.3, 0.4) is 0 Å². The number of nitrogens with two attached hydrogens (primary N) is 1. The van der Waals surface area contributed by atoms with Gasteiger partial charge in [-0.15, -0.1) is 12.4 Å². The molecule has 1 atom stereocenters. The first kappa shape index (κ1) is 20.1. The van der Waals surface area contributed by atoms with Crippen molar-refractivity contribution in [3.63, 3.8) is 0 Å². The van der Waals surface area contributed by atoms with Gasteiger partial charge >= 0.3 is 5.69 Å². The lowest BCUT2D eigenvalue weighted by molar-refractivity contribution is -0.386. The quantitative estimate of drug-likeness (QED) is 0.575. The predicted octanol–water partition coefficient (Wildman–Crippen LogP) is 1.82. The Labute approximate surface area is 148 Å². The zero-order valence-electron chi connectivity index (χ0n) is 12.5. The van der Waals surface area contributed by atoms with Gasteiger partial charge in [0.15, 0.2) is 0 Å². The van der Waals surface area contributed by atoms with Gasteiger partial charge in [-0.05, 0) is 19.4 Å². The van der Waals surface area contributed by atoms with Gasteiger partial charge in [-0.3, -0.25) is 10.1 Å². The molecule has 0 bridgehead atoms. The van der Waals surface area contributed by atoms with Crippen LogP contribution in [0.5, 0.6) is 5.75 Å². The fourth-order valence-corrected chi connectivity index (χ4v) is 4.67. The van der Waals surface area contributed by atoms with Crippen LogP contribution in [0.2, 0.25) is 0 Å².